The van der Waals surface area contributed by atoms with Gasteiger partial charge in [-0.15, -0.1) is 0 Å². The van der Waals surface area contributed by atoms with Crippen molar-refractivity contribution < 1.29 is 9.53 Å². The molecular formula is C29H34N2O2. The highest BCUT2D eigenvalue weighted by Gasteiger charge is 2.29. The second kappa shape index (κ2) is 10.7. The van der Waals surface area contributed by atoms with Crippen molar-refractivity contribution in [3.05, 3.63) is 101 Å². The van der Waals surface area contributed by atoms with Gasteiger partial charge in [0.1, 0.15) is 5.75 Å². The fourth-order valence-electron chi connectivity index (χ4n) is 4.73. The molecule has 0 bridgehead atoms. The number of likely N-dealkylation sites (N-methyl/N-ethyl adjacent to an activating group) is 1. The van der Waals surface area contributed by atoms with Crippen molar-refractivity contribution in [2.24, 2.45) is 0 Å². The quantitative estimate of drug-likeness (QED) is 0.505. The second-order valence-electron chi connectivity index (χ2n) is 8.79. The van der Waals surface area contributed by atoms with Gasteiger partial charge >= 0.3 is 0 Å². The molecule has 0 aliphatic carbocycles. The van der Waals surface area contributed by atoms with Crippen LogP contribution in [0.3, 0.4) is 0 Å². The molecule has 0 spiro atoms. The third-order valence-corrected chi connectivity index (χ3v) is 6.32. The lowest BCUT2D eigenvalue weighted by Gasteiger charge is -2.38. The van der Waals surface area contributed by atoms with Gasteiger partial charge in [0.25, 0.3) is 5.91 Å². The number of carbonyl (C=O) groups excluding carboxylic acids is 1. The summed E-state index contributed by atoms with van der Waals surface area (Å²) in [5.41, 5.74) is 6.51. The molecule has 0 saturated heterocycles. The summed E-state index contributed by atoms with van der Waals surface area (Å²) in [5.74, 6) is 0.698. The molecule has 3 aromatic rings. The largest absolute Gasteiger partial charge is 0.481 e. The first-order chi connectivity index (χ1) is 16.1. The number of nitrogens with zero attached hydrogens (tertiary/aromatic N) is 1. The van der Waals surface area contributed by atoms with E-state index in [2.05, 4.69) is 83.9 Å². The van der Waals surface area contributed by atoms with Gasteiger partial charge in [-0.3, -0.25) is 9.69 Å². The number of fused-ring (bicyclic) bond motifs is 1. The van der Waals surface area contributed by atoms with E-state index in [0.717, 1.165) is 25.3 Å². The standard InChI is InChI=1S/C29H34N2O2/c1-4-27(29(32)30-5-2)33-25-15-14-23-16-17-31(20-22-11-9-10-21(3)18-22)28(26(23)19-25)24-12-7-6-8-13-24/h6-15,18-19,27-28H,4-5,16-17,20H2,1-3H3,(H,30,32). The van der Waals surface area contributed by atoms with Crippen LogP contribution in [0.1, 0.15) is 54.1 Å². The first-order valence-corrected chi connectivity index (χ1v) is 12.0. The van der Waals surface area contributed by atoms with Crippen LogP contribution in [0.2, 0.25) is 0 Å². The van der Waals surface area contributed by atoms with Crippen molar-refractivity contribution in [2.75, 3.05) is 13.1 Å². The van der Waals surface area contributed by atoms with Gasteiger partial charge in [0.15, 0.2) is 6.10 Å². The topological polar surface area (TPSA) is 41.6 Å². The van der Waals surface area contributed by atoms with Gasteiger partial charge in [-0.05, 0) is 61.1 Å². The predicted octanol–water partition coefficient (Wildman–Crippen LogP) is 5.44. The molecule has 2 atom stereocenters. The van der Waals surface area contributed by atoms with Crippen LogP contribution in [0, 0.1) is 6.92 Å². The van der Waals surface area contributed by atoms with Gasteiger partial charge in [-0.2, -0.15) is 0 Å². The van der Waals surface area contributed by atoms with E-state index >= 15 is 0 Å². The van der Waals surface area contributed by atoms with Crippen molar-refractivity contribution in [3.63, 3.8) is 0 Å². The molecule has 33 heavy (non-hydrogen) atoms. The summed E-state index contributed by atoms with van der Waals surface area (Å²) < 4.78 is 6.17. The number of amides is 1. The Morgan fingerprint density at radius 1 is 1.06 bits per heavy atom. The molecule has 172 valence electrons. The van der Waals surface area contributed by atoms with E-state index in [1.54, 1.807) is 0 Å². The molecule has 1 aliphatic rings. The van der Waals surface area contributed by atoms with E-state index in [0.29, 0.717) is 13.0 Å². The Kier molecular flexibility index (Phi) is 7.46. The van der Waals surface area contributed by atoms with Crippen LogP contribution in [-0.4, -0.2) is 30.0 Å². The highest BCUT2D eigenvalue weighted by Crippen LogP contribution is 2.38. The number of hydrogen-bond donors (Lipinski definition) is 1. The SMILES string of the molecule is CCNC(=O)C(CC)Oc1ccc2c(c1)C(c1ccccc1)N(Cc1cccc(C)c1)CC2. The maximum Gasteiger partial charge on any atom is 0.261 e. The smallest absolute Gasteiger partial charge is 0.261 e. The van der Waals surface area contributed by atoms with E-state index in [1.807, 2.05) is 19.9 Å². The van der Waals surface area contributed by atoms with Crippen LogP contribution in [0.25, 0.3) is 0 Å². The van der Waals surface area contributed by atoms with Crippen molar-refractivity contribution in [1.29, 1.82) is 0 Å². The minimum absolute atomic E-state index is 0.0570. The molecule has 1 heterocycles. The lowest BCUT2D eigenvalue weighted by atomic mass is 9.87. The summed E-state index contributed by atoms with van der Waals surface area (Å²) in [5, 5.41) is 2.88. The predicted molar refractivity (Wildman–Crippen MR) is 133 cm³/mol. The highest BCUT2D eigenvalue weighted by molar-refractivity contribution is 5.81. The van der Waals surface area contributed by atoms with Crippen LogP contribution >= 0.6 is 0 Å². The Morgan fingerprint density at radius 2 is 1.88 bits per heavy atom. The minimum Gasteiger partial charge on any atom is -0.481 e. The molecule has 0 aromatic heterocycles. The molecule has 3 aromatic carbocycles. The van der Waals surface area contributed by atoms with Gasteiger partial charge in [-0.25, -0.2) is 0 Å². The molecule has 0 fully saturated rings. The number of ether oxygens (including phenoxy) is 1. The number of aryl methyl sites for hydroxylation is 1. The van der Waals surface area contributed by atoms with Gasteiger partial charge < -0.3 is 10.1 Å². The molecule has 2 unspecified atom stereocenters. The highest BCUT2D eigenvalue weighted by atomic mass is 16.5. The van der Waals surface area contributed by atoms with Crippen molar-refractivity contribution in [2.45, 2.75) is 52.3 Å². The van der Waals surface area contributed by atoms with Gasteiger partial charge in [-0.1, -0.05) is 73.2 Å². The maximum atomic E-state index is 12.4. The zero-order valence-electron chi connectivity index (χ0n) is 19.9. The van der Waals surface area contributed by atoms with Crippen molar-refractivity contribution in [3.8, 4) is 5.75 Å². The monoisotopic (exact) mass is 442 g/mol. The maximum absolute atomic E-state index is 12.4. The minimum atomic E-state index is -0.481. The van der Waals surface area contributed by atoms with Crippen LogP contribution in [0.15, 0.2) is 72.8 Å². The third kappa shape index (κ3) is 5.45. The first-order valence-electron chi connectivity index (χ1n) is 12.0. The Balaban J connectivity index is 1.68. The molecule has 1 aliphatic heterocycles. The summed E-state index contributed by atoms with van der Waals surface area (Å²) in [4.78, 5) is 14.9. The van der Waals surface area contributed by atoms with E-state index in [4.69, 9.17) is 4.74 Å². The molecule has 4 heteroatoms. The van der Waals surface area contributed by atoms with Crippen LogP contribution in [0.4, 0.5) is 0 Å². The molecule has 1 amide bonds. The van der Waals surface area contributed by atoms with Gasteiger partial charge in [0.05, 0.1) is 6.04 Å². The fraction of sp³-hybridized carbons (Fsp3) is 0.345. The summed E-state index contributed by atoms with van der Waals surface area (Å²) >= 11 is 0. The Labute approximate surface area is 197 Å². The van der Waals surface area contributed by atoms with E-state index in [9.17, 15) is 4.79 Å². The lowest BCUT2D eigenvalue weighted by Crippen LogP contribution is -2.38. The molecule has 4 rings (SSSR count). The van der Waals surface area contributed by atoms with Crippen LogP contribution < -0.4 is 10.1 Å². The van der Waals surface area contributed by atoms with Crippen LogP contribution in [-0.2, 0) is 17.8 Å². The Morgan fingerprint density at radius 3 is 2.61 bits per heavy atom. The Hall–Kier alpha value is -3.11. The first kappa shape index (κ1) is 23.1. The molecule has 4 nitrogen and oxygen atoms in total. The summed E-state index contributed by atoms with van der Waals surface area (Å²) in [7, 11) is 0. The molecule has 0 saturated carbocycles. The molecule has 1 N–H and O–H groups in total. The van der Waals surface area contributed by atoms with Crippen molar-refractivity contribution >= 4 is 5.91 Å². The molecule has 0 radical (unpaired) electrons. The summed E-state index contributed by atoms with van der Waals surface area (Å²) in [6, 6.07) is 25.9. The van der Waals surface area contributed by atoms with E-state index < -0.39 is 6.10 Å². The Bertz CT molecular complexity index is 1080. The number of rotatable bonds is 8. The van der Waals surface area contributed by atoms with Crippen molar-refractivity contribution in [1.82, 2.24) is 10.2 Å². The van der Waals surface area contributed by atoms with E-state index in [1.165, 1.54) is 27.8 Å². The number of hydrogen-bond acceptors (Lipinski definition) is 3. The zero-order valence-corrected chi connectivity index (χ0v) is 19.9. The summed E-state index contributed by atoms with van der Waals surface area (Å²) in [6.07, 6.45) is 1.15. The van der Waals surface area contributed by atoms with Crippen LogP contribution in [0.5, 0.6) is 5.75 Å². The average molecular weight is 443 g/mol. The van der Waals surface area contributed by atoms with Gasteiger partial charge in [0, 0.05) is 19.6 Å². The third-order valence-electron chi connectivity index (χ3n) is 6.32. The fourth-order valence-corrected chi connectivity index (χ4v) is 4.73. The molecular weight excluding hydrogens is 408 g/mol. The summed E-state index contributed by atoms with van der Waals surface area (Å²) in [6.45, 7) is 8.55. The normalized spacial score (nSPS) is 16.6. The van der Waals surface area contributed by atoms with Gasteiger partial charge in [0.2, 0.25) is 0 Å². The number of carbonyl (C=O) groups is 1. The average Bonchev–Trinajstić information content (AvgIpc) is 2.83. The number of nitrogens with one attached hydrogen (secondary N) is 1. The zero-order chi connectivity index (χ0) is 23.2. The second-order valence-corrected chi connectivity index (χ2v) is 8.79. The number of benzene rings is 3. The lowest BCUT2D eigenvalue weighted by molar-refractivity contribution is -0.128. The van der Waals surface area contributed by atoms with E-state index in [-0.39, 0.29) is 11.9 Å².